The first-order chi connectivity index (χ1) is 21.3. The predicted molar refractivity (Wildman–Crippen MR) is 183 cm³/mol. The third-order valence-electron chi connectivity index (χ3n) is 8.85. The summed E-state index contributed by atoms with van der Waals surface area (Å²) in [6.45, 7) is 0. The van der Waals surface area contributed by atoms with Gasteiger partial charge in [-0.1, -0.05) is 140 Å². The Morgan fingerprint density at radius 2 is 0.907 bits per heavy atom. The van der Waals surface area contributed by atoms with Gasteiger partial charge in [0.2, 0.25) is 0 Å². The molecule has 200 valence electrons. The first-order valence-corrected chi connectivity index (χ1v) is 14.8. The quantitative estimate of drug-likeness (QED) is 0.201. The van der Waals surface area contributed by atoms with Gasteiger partial charge in [0.25, 0.3) is 0 Å². The van der Waals surface area contributed by atoms with Gasteiger partial charge in [-0.15, -0.1) is 0 Å². The molecule has 0 aliphatic heterocycles. The van der Waals surface area contributed by atoms with Gasteiger partial charge >= 0.3 is 0 Å². The highest BCUT2D eigenvalue weighted by molar-refractivity contribution is 6.25. The highest BCUT2D eigenvalue weighted by atomic mass is 16.3. The number of hydrogen-bond acceptors (Lipinski definition) is 1. The average Bonchev–Trinajstić information content (AvgIpc) is 3.47. The third-order valence-corrected chi connectivity index (χ3v) is 8.85. The van der Waals surface area contributed by atoms with Crippen LogP contribution in [0.3, 0.4) is 0 Å². The summed E-state index contributed by atoms with van der Waals surface area (Å²) in [7, 11) is 0. The fraction of sp³-hybridized carbons (Fsp3) is 0. The van der Waals surface area contributed by atoms with Crippen LogP contribution in [0.25, 0.3) is 87.6 Å². The van der Waals surface area contributed by atoms with Crippen LogP contribution in [0, 0.1) is 0 Å². The van der Waals surface area contributed by atoms with Gasteiger partial charge < -0.3 is 4.42 Å². The van der Waals surface area contributed by atoms with Gasteiger partial charge in [0, 0.05) is 21.9 Å². The lowest BCUT2D eigenvalue weighted by Gasteiger charge is -2.18. The molecule has 0 amide bonds. The molecule has 0 aliphatic rings. The van der Waals surface area contributed by atoms with Gasteiger partial charge in [-0.25, -0.2) is 0 Å². The van der Waals surface area contributed by atoms with Gasteiger partial charge in [0.05, 0.1) is 0 Å². The topological polar surface area (TPSA) is 13.1 Å². The fourth-order valence-corrected chi connectivity index (χ4v) is 6.96. The molecule has 0 N–H and O–H groups in total. The largest absolute Gasteiger partial charge is 0.455 e. The van der Waals surface area contributed by atoms with Gasteiger partial charge in [-0.3, -0.25) is 0 Å². The summed E-state index contributed by atoms with van der Waals surface area (Å²) in [5, 5.41) is 9.70. The summed E-state index contributed by atoms with van der Waals surface area (Å²) in [4.78, 5) is 0. The molecule has 8 aromatic carbocycles. The number of para-hydroxylation sites is 1. The lowest BCUT2D eigenvalue weighted by atomic mass is 9.85. The number of benzene rings is 8. The van der Waals surface area contributed by atoms with Gasteiger partial charge in [0.15, 0.2) is 0 Å². The summed E-state index contributed by atoms with van der Waals surface area (Å²) < 4.78 is 6.80. The molecule has 0 aliphatic carbocycles. The third kappa shape index (κ3) is 3.65. The Morgan fingerprint density at radius 3 is 1.63 bits per heavy atom. The molecular formula is C42H26O. The summed E-state index contributed by atoms with van der Waals surface area (Å²) >= 11 is 0. The van der Waals surface area contributed by atoms with Crippen LogP contribution in [-0.2, 0) is 0 Å². The standard InChI is InChI=1S/C42H26O/c1-2-13-28(14-3-1)39-32-16-6-8-18-34(32)40(35-19-9-7-17-33(35)39)37-25-24-31(30-23-22-27-12-4-5-15-29(27)26-30)41-36-20-10-11-21-38(36)43-42(37)41/h1-26H. The first-order valence-electron chi connectivity index (χ1n) is 14.8. The molecule has 0 fully saturated rings. The maximum Gasteiger partial charge on any atom is 0.143 e. The molecule has 0 saturated heterocycles. The molecule has 1 aromatic heterocycles. The van der Waals surface area contributed by atoms with Crippen LogP contribution in [0.2, 0.25) is 0 Å². The van der Waals surface area contributed by atoms with Crippen LogP contribution < -0.4 is 0 Å². The molecule has 9 rings (SSSR count). The fourth-order valence-electron chi connectivity index (χ4n) is 6.96. The van der Waals surface area contributed by atoms with Crippen molar-refractivity contribution in [2.45, 2.75) is 0 Å². The highest BCUT2D eigenvalue weighted by Crippen LogP contribution is 2.48. The zero-order valence-corrected chi connectivity index (χ0v) is 23.4. The van der Waals surface area contributed by atoms with Crippen LogP contribution in [-0.4, -0.2) is 0 Å². The van der Waals surface area contributed by atoms with Crippen molar-refractivity contribution in [1.82, 2.24) is 0 Å². The van der Waals surface area contributed by atoms with E-state index in [1.807, 2.05) is 0 Å². The molecule has 1 heterocycles. The highest BCUT2D eigenvalue weighted by Gasteiger charge is 2.22. The first kappa shape index (κ1) is 24.0. The summed E-state index contributed by atoms with van der Waals surface area (Å²) in [5.41, 5.74) is 9.02. The average molecular weight is 547 g/mol. The minimum absolute atomic E-state index is 0.904. The maximum atomic E-state index is 6.80. The summed E-state index contributed by atoms with van der Waals surface area (Å²) in [6, 6.07) is 56.7. The molecular weight excluding hydrogens is 520 g/mol. The molecule has 0 atom stereocenters. The molecule has 0 spiro atoms. The van der Waals surface area contributed by atoms with Gasteiger partial charge in [0.1, 0.15) is 11.2 Å². The second-order valence-electron chi connectivity index (χ2n) is 11.2. The van der Waals surface area contributed by atoms with Crippen molar-refractivity contribution < 1.29 is 4.42 Å². The maximum absolute atomic E-state index is 6.80. The molecule has 0 bridgehead atoms. The Kier molecular flexibility index (Phi) is 5.27. The zero-order valence-electron chi connectivity index (χ0n) is 23.4. The number of fused-ring (bicyclic) bond motifs is 6. The second-order valence-corrected chi connectivity index (χ2v) is 11.2. The molecule has 0 saturated carbocycles. The van der Waals surface area contributed by atoms with Crippen LogP contribution >= 0.6 is 0 Å². The zero-order chi connectivity index (χ0) is 28.3. The van der Waals surface area contributed by atoms with E-state index in [4.69, 9.17) is 4.42 Å². The Hall–Kier alpha value is -5.66. The van der Waals surface area contributed by atoms with Gasteiger partial charge in [-0.2, -0.15) is 0 Å². The number of furan rings is 1. The second kappa shape index (κ2) is 9.44. The molecule has 1 heteroatoms. The van der Waals surface area contributed by atoms with Crippen molar-refractivity contribution in [1.29, 1.82) is 0 Å². The van der Waals surface area contributed by atoms with E-state index in [1.165, 1.54) is 60.1 Å². The molecule has 1 nitrogen and oxygen atoms in total. The Labute approximate surface area is 249 Å². The van der Waals surface area contributed by atoms with Crippen molar-refractivity contribution in [3.63, 3.8) is 0 Å². The Morgan fingerprint density at radius 1 is 0.349 bits per heavy atom. The molecule has 0 unspecified atom stereocenters. The lowest BCUT2D eigenvalue weighted by molar-refractivity contribution is 0.670. The van der Waals surface area contributed by atoms with E-state index in [2.05, 4.69) is 158 Å². The van der Waals surface area contributed by atoms with Crippen LogP contribution in [0.1, 0.15) is 0 Å². The van der Waals surface area contributed by atoms with E-state index in [-0.39, 0.29) is 0 Å². The van der Waals surface area contributed by atoms with E-state index in [1.54, 1.807) is 0 Å². The SMILES string of the molecule is c1ccc(-c2c3ccccc3c(-c3ccc(-c4ccc5ccccc5c4)c4c3oc3ccccc34)c3ccccc23)cc1. The van der Waals surface area contributed by atoms with Crippen LogP contribution in [0.4, 0.5) is 0 Å². The van der Waals surface area contributed by atoms with E-state index in [9.17, 15) is 0 Å². The normalized spacial score (nSPS) is 11.7. The van der Waals surface area contributed by atoms with E-state index in [0.717, 1.165) is 27.5 Å². The van der Waals surface area contributed by atoms with Crippen molar-refractivity contribution in [2.75, 3.05) is 0 Å². The van der Waals surface area contributed by atoms with E-state index >= 15 is 0 Å². The Bertz CT molecular complexity index is 2440. The van der Waals surface area contributed by atoms with Crippen LogP contribution in [0.5, 0.6) is 0 Å². The monoisotopic (exact) mass is 546 g/mol. The smallest absolute Gasteiger partial charge is 0.143 e. The van der Waals surface area contributed by atoms with Crippen molar-refractivity contribution in [3.05, 3.63) is 158 Å². The summed E-state index contributed by atoms with van der Waals surface area (Å²) in [6.07, 6.45) is 0. The van der Waals surface area contributed by atoms with E-state index in [0.29, 0.717) is 0 Å². The van der Waals surface area contributed by atoms with Crippen molar-refractivity contribution >= 4 is 54.3 Å². The molecule has 9 aromatic rings. The lowest BCUT2D eigenvalue weighted by Crippen LogP contribution is -1.91. The molecule has 43 heavy (non-hydrogen) atoms. The predicted octanol–water partition coefficient (Wildman–Crippen LogP) is 12.0. The van der Waals surface area contributed by atoms with Crippen LogP contribution in [0.15, 0.2) is 162 Å². The summed E-state index contributed by atoms with van der Waals surface area (Å²) in [5.74, 6) is 0. The minimum atomic E-state index is 0.904. The number of rotatable bonds is 3. The minimum Gasteiger partial charge on any atom is -0.455 e. The molecule has 0 radical (unpaired) electrons. The van der Waals surface area contributed by atoms with Crippen molar-refractivity contribution in [3.8, 4) is 33.4 Å². The number of hydrogen-bond donors (Lipinski definition) is 0. The van der Waals surface area contributed by atoms with E-state index < -0.39 is 0 Å². The van der Waals surface area contributed by atoms with Crippen molar-refractivity contribution in [2.24, 2.45) is 0 Å². The van der Waals surface area contributed by atoms with Gasteiger partial charge in [-0.05, 0) is 72.8 Å². The Balaban J connectivity index is 1.42.